The number of nitrogens with one attached hydrogen (secondary N) is 1. The second-order valence-corrected chi connectivity index (χ2v) is 7.19. The summed E-state index contributed by atoms with van der Waals surface area (Å²) in [4.78, 5) is 25.2. The molecule has 1 aromatic heterocycles. The van der Waals surface area contributed by atoms with Crippen molar-refractivity contribution in [2.75, 3.05) is 6.61 Å². The number of aryl methyl sites for hydroxylation is 1. The van der Waals surface area contributed by atoms with Crippen molar-refractivity contribution in [2.24, 2.45) is 0 Å². The Labute approximate surface area is 167 Å². The minimum atomic E-state index is -0.466. The Hall–Kier alpha value is -2.99. The highest BCUT2D eigenvalue weighted by Gasteiger charge is 2.18. The van der Waals surface area contributed by atoms with E-state index in [2.05, 4.69) is 5.32 Å². The minimum absolute atomic E-state index is 0.131. The normalized spacial score (nSPS) is 11.6. The Balaban J connectivity index is 1.50. The lowest BCUT2D eigenvalue weighted by Gasteiger charge is -2.18. The molecule has 144 valence electrons. The van der Waals surface area contributed by atoms with Crippen molar-refractivity contribution in [3.63, 3.8) is 0 Å². The molecule has 3 aromatic rings. The number of esters is 1. The van der Waals surface area contributed by atoms with Crippen LogP contribution in [0.1, 0.15) is 28.5 Å². The van der Waals surface area contributed by atoms with Crippen molar-refractivity contribution in [1.29, 1.82) is 0 Å². The average Bonchev–Trinajstić information content (AvgIpc) is 3.25. The summed E-state index contributed by atoms with van der Waals surface area (Å²) in [6.07, 6.45) is 0.564. The number of hydrogen-bond acceptors (Lipinski definition) is 4. The first kappa shape index (κ1) is 19.8. The first-order valence-corrected chi connectivity index (χ1v) is 9.77. The molecule has 1 amide bonds. The van der Waals surface area contributed by atoms with Gasteiger partial charge >= 0.3 is 5.97 Å². The first-order chi connectivity index (χ1) is 13.6. The van der Waals surface area contributed by atoms with Gasteiger partial charge in [-0.15, -0.1) is 11.3 Å². The van der Waals surface area contributed by atoms with E-state index in [1.165, 1.54) is 12.1 Å². The van der Waals surface area contributed by atoms with Crippen molar-refractivity contribution in [3.8, 4) is 0 Å². The topological polar surface area (TPSA) is 55.4 Å². The summed E-state index contributed by atoms with van der Waals surface area (Å²) in [5.74, 6) is -1.15. The molecular weight excluding hydrogens is 377 g/mol. The molecule has 0 bridgehead atoms. The number of thiophene rings is 1. The van der Waals surface area contributed by atoms with Crippen molar-refractivity contribution in [2.45, 2.75) is 18.9 Å². The molecule has 4 nitrogen and oxygen atoms in total. The van der Waals surface area contributed by atoms with Gasteiger partial charge in [-0.3, -0.25) is 9.59 Å². The molecular formula is C22H20FNO3S. The van der Waals surface area contributed by atoms with E-state index in [1.807, 2.05) is 47.8 Å². The maximum absolute atomic E-state index is 12.9. The molecule has 6 heteroatoms. The Kier molecular flexibility index (Phi) is 6.92. The van der Waals surface area contributed by atoms with Crippen molar-refractivity contribution in [3.05, 3.63) is 93.9 Å². The Bertz CT molecular complexity index is 895. The summed E-state index contributed by atoms with van der Waals surface area (Å²) < 4.78 is 18.0. The molecule has 1 heterocycles. The molecule has 3 rings (SSSR count). The first-order valence-electron chi connectivity index (χ1n) is 8.89. The summed E-state index contributed by atoms with van der Waals surface area (Å²) in [5.41, 5.74) is 1.80. The van der Waals surface area contributed by atoms with Crippen LogP contribution in [-0.4, -0.2) is 18.5 Å². The van der Waals surface area contributed by atoms with Crippen LogP contribution >= 0.6 is 11.3 Å². The number of hydrogen-bond donors (Lipinski definition) is 1. The van der Waals surface area contributed by atoms with Crippen molar-refractivity contribution >= 4 is 23.2 Å². The van der Waals surface area contributed by atoms with Gasteiger partial charge in [-0.25, -0.2) is 4.39 Å². The molecule has 0 aliphatic rings. The third kappa shape index (κ3) is 5.76. The molecule has 0 radical (unpaired) electrons. The molecule has 0 aliphatic carbocycles. The summed E-state index contributed by atoms with van der Waals surface area (Å²) in [5, 5.41) is 4.87. The predicted octanol–water partition coefficient (Wildman–Crippen LogP) is 4.27. The molecule has 0 saturated heterocycles. The van der Waals surface area contributed by atoms with Gasteiger partial charge in [0.25, 0.3) is 5.91 Å². The number of benzene rings is 2. The lowest BCUT2D eigenvalue weighted by atomic mass is 10.1. The van der Waals surface area contributed by atoms with Gasteiger partial charge in [-0.1, -0.05) is 48.5 Å². The van der Waals surface area contributed by atoms with Crippen LogP contribution in [0, 0.1) is 5.82 Å². The number of amides is 1. The van der Waals surface area contributed by atoms with Crippen LogP contribution in [-0.2, 0) is 20.7 Å². The van der Waals surface area contributed by atoms with E-state index in [9.17, 15) is 14.0 Å². The zero-order valence-corrected chi connectivity index (χ0v) is 16.0. The lowest BCUT2D eigenvalue weighted by Crippen LogP contribution is -2.32. The minimum Gasteiger partial charge on any atom is -0.456 e. The summed E-state index contributed by atoms with van der Waals surface area (Å²) in [6.45, 7) is -0.336. The maximum atomic E-state index is 12.9. The van der Waals surface area contributed by atoms with Gasteiger partial charge < -0.3 is 10.1 Å². The van der Waals surface area contributed by atoms with E-state index in [1.54, 1.807) is 23.5 Å². The highest BCUT2D eigenvalue weighted by atomic mass is 32.1. The second-order valence-electron chi connectivity index (χ2n) is 6.21. The van der Waals surface area contributed by atoms with Crippen molar-refractivity contribution < 1.29 is 18.7 Å². The highest BCUT2D eigenvalue weighted by Crippen LogP contribution is 2.25. The second kappa shape index (κ2) is 9.80. The monoisotopic (exact) mass is 397 g/mol. The molecule has 0 unspecified atom stereocenters. The summed E-state index contributed by atoms with van der Waals surface area (Å²) in [6, 6.07) is 19.2. The SMILES string of the molecule is O=C(COC(=O)CCc1ccc(F)cc1)N[C@@H](c1ccccc1)c1cccs1. The fraction of sp³-hybridized carbons (Fsp3) is 0.182. The van der Waals surface area contributed by atoms with E-state index in [0.717, 1.165) is 16.0 Å². The molecule has 0 fully saturated rings. The zero-order chi connectivity index (χ0) is 19.8. The van der Waals surface area contributed by atoms with E-state index >= 15 is 0 Å². The van der Waals surface area contributed by atoms with Gasteiger partial charge in [0.15, 0.2) is 6.61 Å². The smallest absolute Gasteiger partial charge is 0.306 e. The standard InChI is InChI=1S/C22H20FNO3S/c23-18-11-8-16(9-12-18)10-13-21(26)27-15-20(25)24-22(19-7-4-14-28-19)17-5-2-1-3-6-17/h1-9,11-12,14,22H,10,13,15H2,(H,24,25)/t22-/m0/s1. The van der Waals surface area contributed by atoms with Gasteiger partial charge in [0.05, 0.1) is 6.04 Å². The number of halogens is 1. The molecule has 28 heavy (non-hydrogen) atoms. The lowest BCUT2D eigenvalue weighted by molar-refractivity contribution is -0.148. The Morgan fingerprint density at radius 2 is 1.75 bits per heavy atom. The molecule has 2 aromatic carbocycles. The number of rotatable bonds is 8. The van der Waals surface area contributed by atoms with Crippen LogP contribution in [0.2, 0.25) is 0 Å². The van der Waals surface area contributed by atoms with Gasteiger partial charge in [0.2, 0.25) is 0 Å². The molecule has 0 saturated carbocycles. The average molecular weight is 397 g/mol. The summed E-state index contributed by atoms with van der Waals surface area (Å²) in [7, 11) is 0. The molecule has 1 N–H and O–H groups in total. The van der Waals surface area contributed by atoms with Gasteiger partial charge in [0, 0.05) is 11.3 Å². The number of carbonyl (C=O) groups is 2. The fourth-order valence-electron chi connectivity index (χ4n) is 2.74. The molecule has 0 spiro atoms. The predicted molar refractivity (Wildman–Crippen MR) is 106 cm³/mol. The third-order valence-corrected chi connectivity index (χ3v) is 5.10. The maximum Gasteiger partial charge on any atom is 0.306 e. The van der Waals surface area contributed by atoms with Gasteiger partial charge in [-0.2, -0.15) is 0 Å². The summed E-state index contributed by atoms with van der Waals surface area (Å²) >= 11 is 1.55. The van der Waals surface area contributed by atoms with E-state index < -0.39 is 5.97 Å². The number of carbonyl (C=O) groups excluding carboxylic acids is 2. The van der Waals surface area contributed by atoms with E-state index in [0.29, 0.717) is 6.42 Å². The van der Waals surface area contributed by atoms with Crippen molar-refractivity contribution in [1.82, 2.24) is 5.32 Å². The fourth-order valence-corrected chi connectivity index (χ4v) is 3.54. The highest BCUT2D eigenvalue weighted by molar-refractivity contribution is 7.10. The van der Waals surface area contributed by atoms with Crippen LogP contribution < -0.4 is 5.32 Å². The third-order valence-electron chi connectivity index (χ3n) is 4.16. The van der Waals surface area contributed by atoms with Crippen LogP contribution in [0.5, 0.6) is 0 Å². The number of ether oxygens (including phenoxy) is 1. The molecule has 0 aliphatic heterocycles. The Morgan fingerprint density at radius 3 is 2.43 bits per heavy atom. The van der Waals surface area contributed by atoms with Crippen LogP contribution in [0.15, 0.2) is 72.1 Å². The zero-order valence-electron chi connectivity index (χ0n) is 15.1. The quantitative estimate of drug-likeness (QED) is 0.578. The van der Waals surface area contributed by atoms with Crippen LogP contribution in [0.3, 0.4) is 0 Å². The van der Waals surface area contributed by atoms with Crippen LogP contribution in [0.25, 0.3) is 0 Å². The van der Waals surface area contributed by atoms with E-state index in [4.69, 9.17) is 4.74 Å². The van der Waals surface area contributed by atoms with Gasteiger partial charge in [0.1, 0.15) is 5.82 Å². The Morgan fingerprint density at radius 1 is 1.00 bits per heavy atom. The van der Waals surface area contributed by atoms with Crippen LogP contribution in [0.4, 0.5) is 4.39 Å². The van der Waals surface area contributed by atoms with Gasteiger partial charge in [-0.05, 0) is 41.1 Å². The largest absolute Gasteiger partial charge is 0.456 e. The molecule has 1 atom stereocenters. The van der Waals surface area contributed by atoms with E-state index in [-0.39, 0.29) is 30.8 Å².